The van der Waals surface area contributed by atoms with Gasteiger partial charge in [-0.3, -0.25) is 4.99 Å². The molecule has 1 atom stereocenters. The average Bonchev–Trinajstić information content (AvgIpc) is 2.49. The second-order valence-corrected chi connectivity index (χ2v) is 3.58. The van der Waals surface area contributed by atoms with Crippen LogP contribution in [0.15, 0.2) is 28.9 Å². The molecule has 0 bridgehead atoms. The average molecular weight is 162 g/mol. The zero-order chi connectivity index (χ0) is 8.55. The second kappa shape index (κ2) is 2.77. The number of nitrogens with zero attached hydrogens (tertiary/aromatic N) is 2. The smallest absolute Gasteiger partial charge is 0.140 e. The molecule has 0 saturated carbocycles. The summed E-state index contributed by atoms with van der Waals surface area (Å²) in [4.78, 5) is 6.59. The molecule has 0 aromatic heterocycles. The van der Waals surface area contributed by atoms with Crippen LogP contribution in [0.4, 0.5) is 0 Å². The topological polar surface area (TPSA) is 15.6 Å². The molecule has 0 N–H and O–H groups in total. The maximum absolute atomic E-state index is 4.36. The molecule has 12 heavy (non-hydrogen) atoms. The van der Waals surface area contributed by atoms with Gasteiger partial charge in [0.25, 0.3) is 0 Å². The molecule has 0 aromatic carbocycles. The van der Waals surface area contributed by atoms with Gasteiger partial charge in [-0.05, 0) is 23.6 Å². The van der Waals surface area contributed by atoms with Crippen LogP contribution in [0.25, 0.3) is 0 Å². The SMILES string of the molecule is CC(C)C1=CC2N=CCN2C=C1. The van der Waals surface area contributed by atoms with Crippen molar-refractivity contribution < 1.29 is 0 Å². The van der Waals surface area contributed by atoms with Crippen molar-refractivity contribution in [3.8, 4) is 0 Å². The highest BCUT2D eigenvalue weighted by atomic mass is 15.3. The second-order valence-electron chi connectivity index (χ2n) is 3.58. The van der Waals surface area contributed by atoms with Gasteiger partial charge >= 0.3 is 0 Å². The summed E-state index contributed by atoms with van der Waals surface area (Å²) in [5.41, 5.74) is 1.40. The van der Waals surface area contributed by atoms with E-state index in [1.165, 1.54) is 5.57 Å². The largest absolute Gasteiger partial charge is 0.348 e. The Bertz CT molecular complexity index is 261. The zero-order valence-corrected chi connectivity index (χ0v) is 7.57. The molecule has 2 rings (SSSR count). The minimum atomic E-state index is 0.285. The molecule has 0 spiro atoms. The summed E-state index contributed by atoms with van der Waals surface area (Å²) in [6, 6.07) is 0. The molecule has 64 valence electrons. The van der Waals surface area contributed by atoms with E-state index in [4.69, 9.17) is 0 Å². The molecule has 0 aromatic rings. The Morgan fingerprint density at radius 3 is 3.17 bits per heavy atom. The highest BCUT2D eigenvalue weighted by Crippen LogP contribution is 2.21. The first-order chi connectivity index (χ1) is 5.77. The van der Waals surface area contributed by atoms with Gasteiger partial charge < -0.3 is 4.90 Å². The van der Waals surface area contributed by atoms with E-state index in [1.807, 2.05) is 6.21 Å². The summed E-state index contributed by atoms with van der Waals surface area (Å²) in [6.07, 6.45) is 8.85. The van der Waals surface area contributed by atoms with Gasteiger partial charge in [0.05, 0.1) is 6.54 Å². The van der Waals surface area contributed by atoms with Crippen LogP contribution in [0.1, 0.15) is 13.8 Å². The highest BCUT2D eigenvalue weighted by molar-refractivity contribution is 5.63. The van der Waals surface area contributed by atoms with Crippen molar-refractivity contribution in [2.75, 3.05) is 6.54 Å². The first-order valence-electron chi connectivity index (χ1n) is 4.44. The molecule has 2 heteroatoms. The first kappa shape index (κ1) is 7.59. The Kier molecular flexibility index (Phi) is 1.75. The van der Waals surface area contributed by atoms with Crippen molar-refractivity contribution in [2.24, 2.45) is 10.9 Å². The fraction of sp³-hybridized carbons (Fsp3) is 0.500. The van der Waals surface area contributed by atoms with Crippen LogP contribution in [-0.2, 0) is 0 Å². The van der Waals surface area contributed by atoms with Crippen LogP contribution in [0, 0.1) is 5.92 Å². The van der Waals surface area contributed by atoms with Crippen molar-refractivity contribution in [3.05, 3.63) is 23.9 Å². The summed E-state index contributed by atoms with van der Waals surface area (Å²) < 4.78 is 0. The van der Waals surface area contributed by atoms with E-state index in [1.54, 1.807) is 0 Å². The molecule has 0 fully saturated rings. The summed E-state index contributed by atoms with van der Waals surface area (Å²) in [6.45, 7) is 5.39. The molecule has 2 aliphatic rings. The van der Waals surface area contributed by atoms with Gasteiger partial charge in [0.1, 0.15) is 6.17 Å². The molecular weight excluding hydrogens is 148 g/mol. The number of allylic oxidation sites excluding steroid dienone is 2. The number of rotatable bonds is 1. The Morgan fingerprint density at radius 2 is 2.42 bits per heavy atom. The van der Waals surface area contributed by atoms with E-state index in [2.05, 4.69) is 42.1 Å². The third kappa shape index (κ3) is 1.17. The third-order valence-electron chi connectivity index (χ3n) is 2.36. The highest BCUT2D eigenvalue weighted by Gasteiger charge is 2.19. The molecule has 0 aliphatic carbocycles. The maximum atomic E-state index is 4.36. The predicted molar refractivity (Wildman–Crippen MR) is 51.0 cm³/mol. The Hall–Kier alpha value is -1.05. The van der Waals surface area contributed by atoms with Crippen molar-refractivity contribution in [2.45, 2.75) is 20.0 Å². The summed E-state index contributed by atoms with van der Waals surface area (Å²) in [5.74, 6) is 0.610. The lowest BCUT2D eigenvalue weighted by molar-refractivity contribution is 0.389. The van der Waals surface area contributed by atoms with E-state index < -0.39 is 0 Å². The fourth-order valence-corrected chi connectivity index (χ4v) is 1.53. The van der Waals surface area contributed by atoms with Gasteiger partial charge in [-0.1, -0.05) is 13.8 Å². The van der Waals surface area contributed by atoms with Crippen molar-refractivity contribution in [1.29, 1.82) is 0 Å². The number of fused-ring (bicyclic) bond motifs is 1. The number of aliphatic imine (C=N–C) groups is 1. The lowest BCUT2D eigenvalue weighted by Gasteiger charge is -2.24. The maximum Gasteiger partial charge on any atom is 0.140 e. The van der Waals surface area contributed by atoms with Crippen LogP contribution >= 0.6 is 0 Å². The zero-order valence-electron chi connectivity index (χ0n) is 7.57. The normalized spacial score (nSPS) is 26.4. The molecular formula is C10H14N2. The minimum Gasteiger partial charge on any atom is -0.348 e. The molecule has 0 radical (unpaired) electrons. The third-order valence-corrected chi connectivity index (χ3v) is 2.36. The molecule has 0 saturated heterocycles. The molecule has 2 nitrogen and oxygen atoms in total. The van der Waals surface area contributed by atoms with Gasteiger partial charge in [-0.25, -0.2) is 0 Å². The number of hydrogen-bond acceptors (Lipinski definition) is 2. The van der Waals surface area contributed by atoms with Gasteiger partial charge in [0.15, 0.2) is 0 Å². The Labute approximate surface area is 73.3 Å². The van der Waals surface area contributed by atoms with Crippen LogP contribution in [0.2, 0.25) is 0 Å². The Balaban J connectivity index is 2.20. The van der Waals surface area contributed by atoms with Gasteiger partial charge in [0, 0.05) is 12.4 Å². The summed E-state index contributed by atoms with van der Waals surface area (Å²) in [7, 11) is 0. The van der Waals surface area contributed by atoms with Crippen LogP contribution < -0.4 is 0 Å². The van der Waals surface area contributed by atoms with Gasteiger partial charge in [-0.15, -0.1) is 0 Å². The van der Waals surface area contributed by atoms with Crippen LogP contribution in [-0.4, -0.2) is 23.8 Å². The first-order valence-corrected chi connectivity index (χ1v) is 4.44. The van der Waals surface area contributed by atoms with Crippen molar-refractivity contribution in [1.82, 2.24) is 4.90 Å². The standard InChI is InChI=1S/C10H14N2/c1-8(2)9-3-5-12-6-4-11-10(12)7-9/h3-5,7-8,10H,6H2,1-2H3. The quantitative estimate of drug-likeness (QED) is 0.574. The van der Waals surface area contributed by atoms with E-state index >= 15 is 0 Å². The van der Waals surface area contributed by atoms with Crippen molar-refractivity contribution in [3.63, 3.8) is 0 Å². The summed E-state index contributed by atoms with van der Waals surface area (Å²) >= 11 is 0. The Morgan fingerprint density at radius 1 is 1.58 bits per heavy atom. The van der Waals surface area contributed by atoms with Crippen LogP contribution in [0.3, 0.4) is 0 Å². The van der Waals surface area contributed by atoms with Gasteiger partial charge in [0.2, 0.25) is 0 Å². The van der Waals surface area contributed by atoms with Crippen molar-refractivity contribution >= 4 is 6.21 Å². The molecule has 2 heterocycles. The summed E-state index contributed by atoms with van der Waals surface area (Å²) in [5, 5.41) is 0. The molecule has 0 amide bonds. The lowest BCUT2D eigenvalue weighted by Crippen LogP contribution is -2.26. The van der Waals surface area contributed by atoms with E-state index in [-0.39, 0.29) is 6.17 Å². The van der Waals surface area contributed by atoms with Gasteiger partial charge in [-0.2, -0.15) is 0 Å². The lowest BCUT2D eigenvalue weighted by atomic mass is 10.0. The van der Waals surface area contributed by atoms with E-state index in [9.17, 15) is 0 Å². The molecule has 2 aliphatic heterocycles. The van der Waals surface area contributed by atoms with Crippen LogP contribution in [0.5, 0.6) is 0 Å². The minimum absolute atomic E-state index is 0.285. The predicted octanol–water partition coefficient (Wildman–Crippen LogP) is 1.81. The number of hydrogen-bond donors (Lipinski definition) is 0. The van der Waals surface area contributed by atoms with E-state index in [0.717, 1.165) is 6.54 Å². The van der Waals surface area contributed by atoms with E-state index in [0.29, 0.717) is 5.92 Å². The fourth-order valence-electron chi connectivity index (χ4n) is 1.53. The monoisotopic (exact) mass is 162 g/mol. The molecule has 1 unspecified atom stereocenters.